The van der Waals surface area contributed by atoms with Crippen molar-refractivity contribution in [2.75, 3.05) is 0 Å². The first-order valence-electron chi connectivity index (χ1n) is 5.88. The van der Waals surface area contributed by atoms with E-state index in [9.17, 15) is 9.59 Å². The van der Waals surface area contributed by atoms with Gasteiger partial charge in [0.25, 0.3) is 0 Å². The van der Waals surface area contributed by atoms with Crippen LogP contribution in [0.1, 0.15) is 32.1 Å². The highest BCUT2D eigenvalue weighted by Gasteiger charge is 2.45. The third-order valence-electron chi connectivity index (χ3n) is 3.11. The molecule has 5 nitrogen and oxygen atoms in total. The summed E-state index contributed by atoms with van der Waals surface area (Å²) in [6.07, 6.45) is 7.99. The van der Waals surface area contributed by atoms with E-state index in [0.717, 1.165) is 11.8 Å². The Bertz CT molecular complexity index is 300. The minimum atomic E-state index is -1.08. The van der Waals surface area contributed by atoms with Crippen molar-refractivity contribution in [1.29, 1.82) is 0 Å². The molecule has 96 valence electrons. The predicted octanol–water partition coefficient (Wildman–Crippen LogP) is 1.24. The van der Waals surface area contributed by atoms with Crippen LogP contribution >= 0.6 is 0 Å². The van der Waals surface area contributed by atoms with Crippen LogP contribution in [0.5, 0.6) is 0 Å². The number of hydrogen-bond donors (Lipinski definition) is 3. The topological polar surface area (TPSA) is 101 Å². The van der Waals surface area contributed by atoms with Gasteiger partial charge in [-0.1, -0.05) is 12.2 Å². The number of aliphatic carboxylic acids is 2. The Kier molecular flexibility index (Phi) is 5.15. The molecule has 0 aromatic heterocycles. The second-order valence-corrected chi connectivity index (χ2v) is 4.47. The van der Waals surface area contributed by atoms with E-state index in [4.69, 9.17) is 15.9 Å². The number of fused-ring (bicyclic) bond motifs is 1. The maximum atomic E-state index is 9.64. The first-order valence-corrected chi connectivity index (χ1v) is 5.88. The molecule has 17 heavy (non-hydrogen) atoms. The van der Waals surface area contributed by atoms with Gasteiger partial charge in [0, 0.05) is 6.04 Å². The average Bonchev–Trinajstić information content (AvgIpc) is 2.93. The quantitative estimate of drug-likeness (QED) is 0.645. The molecule has 0 radical (unpaired) electrons. The molecule has 0 aromatic rings. The van der Waals surface area contributed by atoms with Gasteiger partial charge in [0.1, 0.15) is 0 Å². The van der Waals surface area contributed by atoms with Crippen molar-refractivity contribution in [3.63, 3.8) is 0 Å². The number of allylic oxidation sites excluding steroid dienone is 1. The first kappa shape index (κ1) is 13.7. The highest BCUT2D eigenvalue weighted by Crippen LogP contribution is 2.43. The fourth-order valence-corrected chi connectivity index (χ4v) is 2.02. The van der Waals surface area contributed by atoms with E-state index in [-0.39, 0.29) is 12.8 Å². The van der Waals surface area contributed by atoms with Crippen molar-refractivity contribution in [2.24, 2.45) is 17.6 Å². The van der Waals surface area contributed by atoms with E-state index < -0.39 is 11.9 Å². The minimum absolute atomic E-state index is 0.296. The summed E-state index contributed by atoms with van der Waals surface area (Å²) < 4.78 is 0. The molecule has 2 rings (SSSR count). The predicted molar refractivity (Wildman–Crippen MR) is 62.5 cm³/mol. The molecule has 5 heteroatoms. The van der Waals surface area contributed by atoms with Crippen LogP contribution in [-0.4, -0.2) is 28.2 Å². The molecule has 2 aliphatic carbocycles. The molecule has 1 saturated carbocycles. The molecule has 0 spiro atoms. The van der Waals surface area contributed by atoms with Crippen LogP contribution in [0.15, 0.2) is 12.2 Å². The van der Waals surface area contributed by atoms with Gasteiger partial charge >= 0.3 is 11.9 Å². The molecule has 0 heterocycles. The Morgan fingerprint density at radius 1 is 1.24 bits per heavy atom. The summed E-state index contributed by atoms with van der Waals surface area (Å²) in [5.41, 5.74) is 5.79. The van der Waals surface area contributed by atoms with E-state index in [1.54, 1.807) is 0 Å². The second-order valence-electron chi connectivity index (χ2n) is 4.47. The summed E-state index contributed by atoms with van der Waals surface area (Å²) in [5.74, 6) is -0.545. The smallest absolute Gasteiger partial charge is 0.303 e. The molecule has 3 atom stereocenters. The molecule has 1 fully saturated rings. The molecule has 4 N–H and O–H groups in total. The molecule has 2 aliphatic rings. The van der Waals surface area contributed by atoms with Crippen LogP contribution in [0, 0.1) is 11.8 Å². The third kappa shape index (κ3) is 4.99. The zero-order valence-corrected chi connectivity index (χ0v) is 9.71. The second kappa shape index (κ2) is 6.39. The molecular formula is C12H19NO4. The van der Waals surface area contributed by atoms with Gasteiger partial charge in [-0.2, -0.15) is 0 Å². The summed E-state index contributed by atoms with van der Waals surface area (Å²) in [4.78, 5) is 19.3. The van der Waals surface area contributed by atoms with Crippen LogP contribution in [0.4, 0.5) is 0 Å². The number of carboxylic acids is 2. The molecule has 0 saturated heterocycles. The van der Waals surface area contributed by atoms with E-state index in [0.29, 0.717) is 6.04 Å². The van der Waals surface area contributed by atoms with Crippen LogP contribution in [0.2, 0.25) is 0 Å². The van der Waals surface area contributed by atoms with Gasteiger partial charge in [0.15, 0.2) is 0 Å². The SMILES string of the molecule is NC1C2C=CCCCC12.O=C(O)CCC(=O)O. The Hall–Kier alpha value is -1.36. The number of hydrogen-bond acceptors (Lipinski definition) is 3. The highest BCUT2D eigenvalue weighted by atomic mass is 16.4. The van der Waals surface area contributed by atoms with E-state index in [1.807, 2.05) is 0 Å². The summed E-state index contributed by atoms with van der Waals surface area (Å²) in [6, 6.07) is 0.515. The summed E-state index contributed by atoms with van der Waals surface area (Å²) in [5, 5.41) is 15.8. The number of carbonyl (C=O) groups is 2. The Morgan fingerprint density at radius 2 is 1.82 bits per heavy atom. The maximum Gasteiger partial charge on any atom is 0.303 e. The fraction of sp³-hybridized carbons (Fsp3) is 0.667. The lowest BCUT2D eigenvalue weighted by molar-refractivity contribution is -0.143. The van der Waals surface area contributed by atoms with Crippen LogP contribution < -0.4 is 5.73 Å². The van der Waals surface area contributed by atoms with Crippen molar-refractivity contribution >= 4 is 11.9 Å². The van der Waals surface area contributed by atoms with Gasteiger partial charge in [-0.15, -0.1) is 0 Å². The average molecular weight is 241 g/mol. The standard InChI is InChI=1S/C8H13N.C4H6O4/c9-8-6-4-2-1-3-5-7(6)8;5-3(6)1-2-4(7)8/h2,4,6-8H,1,3,5,9H2;1-2H2,(H,5,6)(H,7,8). The molecular weight excluding hydrogens is 222 g/mol. The fourth-order valence-electron chi connectivity index (χ4n) is 2.02. The first-order chi connectivity index (χ1) is 8.02. The Balaban J connectivity index is 0.000000172. The van der Waals surface area contributed by atoms with Crippen molar-refractivity contribution < 1.29 is 19.8 Å². The van der Waals surface area contributed by atoms with Gasteiger partial charge in [-0.25, -0.2) is 0 Å². The van der Waals surface area contributed by atoms with Gasteiger partial charge < -0.3 is 15.9 Å². The highest BCUT2D eigenvalue weighted by molar-refractivity contribution is 5.75. The third-order valence-corrected chi connectivity index (χ3v) is 3.11. The normalized spacial score (nSPS) is 29.4. The largest absolute Gasteiger partial charge is 0.481 e. The van der Waals surface area contributed by atoms with Crippen molar-refractivity contribution in [2.45, 2.75) is 38.1 Å². The van der Waals surface area contributed by atoms with Gasteiger partial charge in [0.2, 0.25) is 0 Å². The number of rotatable bonds is 3. The zero-order valence-electron chi connectivity index (χ0n) is 9.71. The summed E-state index contributed by atoms with van der Waals surface area (Å²) in [6.45, 7) is 0. The Labute approximate surface area is 100 Å². The molecule has 0 bridgehead atoms. The van der Waals surface area contributed by atoms with Gasteiger partial charge in [-0.3, -0.25) is 9.59 Å². The van der Waals surface area contributed by atoms with Crippen LogP contribution in [0.25, 0.3) is 0 Å². The van der Waals surface area contributed by atoms with Crippen LogP contribution in [-0.2, 0) is 9.59 Å². The lowest BCUT2D eigenvalue weighted by Crippen LogP contribution is -2.03. The molecule has 3 unspecified atom stereocenters. The van der Waals surface area contributed by atoms with Crippen molar-refractivity contribution in [3.05, 3.63) is 12.2 Å². The van der Waals surface area contributed by atoms with E-state index in [1.165, 1.54) is 19.3 Å². The molecule has 0 aliphatic heterocycles. The van der Waals surface area contributed by atoms with Crippen molar-refractivity contribution in [3.8, 4) is 0 Å². The lowest BCUT2D eigenvalue weighted by Gasteiger charge is -1.91. The van der Waals surface area contributed by atoms with Crippen LogP contribution in [0.3, 0.4) is 0 Å². The maximum absolute atomic E-state index is 9.64. The van der Waals surface area contributed by atoms with Crippen molar-refractivity contribution in [1.82, 2.24) is 0 Å². The lowest BCUT2D eigenvalue weighted by atomic mass is 10.2. The van der Waals surface area contributed by atoms with Gasteiger partial charge in [0.05, 0.1) is 12.8 Å². The van der Waals surface area contributed by atoms with E-state index in [2.05, 4.69) is 12.2 Å². The summed E-state index contributed by atoms with van der Waals surface area (Å²) in [7, 11) is 0. The zero-order chi connectivity index (χ0) is 12.8. The summed E-state index contributed by atoms with van der Waals surface area (Å²) >= 11 is 0. The number of nitrogens with two attached hydrogens (primary N) is 1. The minimum Gasteiger partial charge on any atom is -0.481 e. The molecule has 0 amide bonds. The Morgan fingerprint density at radius 3 is 2.35 bits per heavy atom. The molecule has 0 aromatic carbocycles. The van der Waals surface area contributed by atoms with Gasteiger partial charge in [-0.05, 0) is 31.1 Å². The monoisotopic (exact) mass is 241 g/mol. The van der Waals surface area contributed by atoms with E-state index >= 15 is 0 Å². The number of carboxylic acid groups (broad SMARTS) is 2.